The minimum Gasteiger partial charge on any atom is -0.337 e. The summed E-state index contributed by atoms with van der Waals surface area (Å²) >= 11 is 0. The first-order valence-electron chi connectivity index (χ1n) is 6.03. The average molecular weight is 297 g/mol. The van der Waals surface area contributed by atoms with E-state index >= 15 is 0 Å². The summed E-state index contributed by atoms with van der Waals surface area (Å²) in [5, 5.41) is 0. The molecule has 2 nitrogen and oxygen atoms in total. The molecule has 0 aliphatic rings. The van der Waals surface area contributed by atoms with E-state index < -0.39 is 34.7 Å². The summed E-state index contributed by atoms with van der Waals surface area (Å²) in [5.41, 5.74) is -0.0818. The Bertz CT molecular complexity index is 687. The van der Waals surface area contributed by atoms with Crippen LogP contribution in [0.3, 0.4) is 0 Å². The topological polar surface area (TPSA) is 20.3 Å². The molecule has 0 atom stereocenters. The number of hydrogen-bond donors (Lipinski definition) is 0. The fraction of sp³-hybridized carbons (Fsp3) is 0.133. The molecule has 0 fully saturated rings. The molecule has 0 N–H and O–H groups in total. The van der Waals surface area contributed by atoms with Crippen LogP contribution in [0.25, 0.3) is 0 Å². The van der Waals surface area contributed by atoms with Crippen molar-refractivity contribution in [3.63, 3.8) is 0 Å². The number of nitrogens with zero attached hydrogens (tertiary/aromatic N) is 1. The third kappa shape index (κ3) is 3.21. The fourth-order valence-corrected chi connectivity index (χ4v) is 1.86. The zero-order valence-corrected chi connectivity index (χ0v) is 11.0. The molecule has 6 heteroatoms. The predicted molar refractivity (Wildman–Crippen MR) is 68.5 cm³/mol. The van der Waals surface area contributed by atoms with Gasteiger partial charge in [0.05, 0.1) is 5.56 Å². The van der Waals surface area contributed by atoms with Gasteiger partial charge in [0.1, 0.15) is 0 Å². The Hall–Kier alpha value is -2.37. The molecule has 110 valence electrons. The first kappa shape index (κ1) is 15.0. The van der Waals surface area contributed by atoms with Gasteiger partial charge in [-0.3, -0.25) is 4.79 Å². The SMILES string of the molecule is CN(Cc1ccc(F)c(F)c1)C(=O)c1cccc(F)c1F. The van der Waals surface area contributed by atoms with Gasteiger partial charge in [-0.05, 0) is 29.8 Å². The van der Waals surface area contributed by atoms with E-state index in [0.717, 1.165) is 29.2 Å². The zero-order chi connectivity index (χ0) is 15.6. The second-order valence-electron chi connectivity index (χ2n) is 4.51. The van der Waals surface area contributed by atoms with Crippen LogP contribution in [0.2, 0.25) is 0 Å². The highest BCUT2D eigenvalue weighted by molar-refractivity contribution is 5.94. The fourth-order valence-electron chi connectivity index (χ4n) is 1.86. The molecule has 0 spiro atoms. The Morgan fingerprint density at radius 3 is 2.38 bits per heavy atom. The zero-order valence-electron chi connectivity index (χ0n) is 11.0. The number of carbonyl (C=O) groups excluding carboxylic acids is 1. The first-order chi connectivity index (χ1) is 9.90. The molecule has 0 aromatic heterocycles. The van der Waals surface area contributed by atoms with Crippen molar-refractivity contribution in [1.82, 2.24) is 4.90 Å². The molecule has 0 aliphatic heterocycles. The van der Waals surface area contributed by atoms with E-state index in [4.69, 9.17) is 0 Å². The number of amides is 1. The molecule has 0 unspecified atom stereocenters. The first-order valence-corrected chi connectivity index (χ1v) is 6.03. The molecular weight excluding hydrogens is 286 g/mol. The van der Waals surface area contributed by atoms with Crippen LogP contribution in [0.4, 0.5) is 17.6 Å². The Balaban J connectivity index is 2.19. The highest BCUT2D eigenvalue weighted by Crippen LogP contribution is 2.16. The standard InChI is InChI=1S/C15H11F4NO/c1-20(8-9-5-6-11(16)13(18)7-9)15(21)10-3-2-4-12(17)14(10)19/h2-7H,8H2,1H3. The van der Waals surface area contributed by atoms with Crippen molar-refractivity contribution in [2.45, 2.75) is 6.54 Å². The van der Waals surface area contributed by atoms with E-state index in [1.54, 1.807) is 0 Å². The third-order valence-electron chi connectivity index (χ3n) is 2.93. The molecular formula is C15H11F4NO. The number of hydrogen-bond acceptors (Lipinski definition) is 1. The van der Waals surface area contributed by atoms with Crippen LogP contribution in [0, 0.1) is 23.3 Å². The maximum absolute atomic E-state index is 13.5. The number of rotatable bonds is 3. The van der Waals surface area contributed by atoms with E-state index in [1.165, 1.54) is 19.2 Å². The van der Waals surface area contributed by atoms with Crippen molar-refractivity contribution < 1.29 is 22.4 Å². The summed E-state index contributed by atoms with van der Waals surface area (Å²) in [4.78, 5) is 13.1. The van der Waals surface area contributed by atoms with Crippen LogP contribution in [0.15, 0.2) is 36.4 Å². The molecule has 2 aromatic carbocycles. The molecule has 0 heterocycles. The van der Waals surface area contributed by atoms with Gasteiger partial charge >= 0.3 is 0 Å². The Kier molecular flexibility index (Phi) is 4.26. The quantitative estimate of drug-likeness (QED) is 0.794. The number of carbonyl (C=O) groups is 1. The van der Waals surface area contributed by atoms with Gasteiger partial charge in [-0.15, -0.1) is 0 Å². The smallest absolute Gasteiger partial charge is 0.256 e. The molecule has 0 saturated carbocycles. The van der Waals surface area contributed by atoms with Crippen molar-refractivity contribution in [3.05, 3.63) is 70.8 Å². The lowest BCUT2D eigenvalue weighted by atomic mass is 10.1. The van der Waals surface area contributed by atoms with Crippen molar-refractivity contribution in [2.75, 3.05) is 7.05 Å². The summed E-state index contributed by atoms with van der Waals surface area (Å²) in [5.74, 6) is -5.15. The average Bonchev–Trinajstić information content (AvgIpc) is 2.45. The molecule has 0 radical (unpaired) electrons. The van der Waals surface area contributed by atoms with Gasteiger partial charge in [0.15, 0.2) is 23.3 Å². The lowest BCUT2D eigenvalue weighted by Crippen LogP contribution is -2.27. The van der Waals surface area contributed by atoms with Gasteiger partial charge in [-0.25, -0.2) is 17.6 Å². The largest absolute Gasteiger partial charge is 0.337 e. The minimum absolute atomic E-state index is 0.0635. The highest BCUT2D eigenvalue weighted by Gasteiger charge is 2.19. The predicted octanol–water partition coefficient (Wildman–Crippen LogP) is 3.52. The van der Waals surface area contributed by atoms with Crippen molar-refractivity contribution in [2.24, 2.45) is 0 Å². The second-order valence-corrected chi connectivity index (χ2v) is 4.51. The third-order valence-corrected chi connectivity index (χ3v) is 2.93. The van der Waals surface area contributed by atoms with Crippen molar-refractivity contribution in [3.8, 4) is 0 Å². The summed E-state index contributed by atoms with van der Waals surface area (Å²) in [7, 11) is 1.36. The maximum Gasteiger partial charge on any atom is 0.256 e. The van der Waals surface area contributed by atoms with Crippen molar-refractivity contribution in [1.29, 1.82) is 0 Å². The van der Waals surface area contributed by atoms with E-state index in [9.17, 15) is 22.4 Å². The van der Waals surface area contributed by atoms with Gasteiger partial charge in [0, 0.05) is 13.6 Å². The van der Waals surface area contributed by atoms with Gasteiger partial charge in [0.2, 0.25) is 0 Å². The Labute approximate surface area is 118 Å². The Morgan fingerprint density at radius 1 is 1.00 bits per heavy atom. The maximum atomic E-state index is 13.5. The summed E-state index contributed by atoms with van der Waals surface area (Å²) in [6.45, 7) is -0.0635. The normalized spacial score (nSPS) is 10.5. The van der Waals surface area contributed by atoms with E-state index in [2.05, 4.69) is 0 Å². The molecule has 2 rings (SSSR count). The van der Waals surface area contributed by atoms with E-state index in [1.807, 2.05) is 0 Å². The van der Waals surface area contributed by atoms with Gasteiger partial charge in [0.25, 0.3) is 5.91 Å². The van der Waals surface area contributed by atoms with Crippen LogP contribution in [-0.4, -0.2) is 17.9 Å². The second kappa shape index (κ2) is 5.95. The van der Waals surface area contributed by atoms with Gasteiger partial charge in [-0.1, -0.05) is 12.1 Å². The van der Waals surface area contributed by atoms with Crippen LogP contribution >= 0.6 is 0 Å². The summed E-state index contributed by atoms with van der Waals surface area (Å²) in [6.07, 6.45) is 0. The molecule has 21 heavy (non-hydrogen) atoms. The number of benzene rings is 2. The Morgan fingerprint density at radius 2 is 1.71 bits per heavy atom. The van der Waals surface area contributed by atoms with Gasteiger partial charge in [-0.2, -0.15) is 0 Å². The van der Waals surface area contributed by atoms with Crippen LogP contribution in [0.5, 0.6) is 0 Å². The van der Waals surface area contributed by atoms with Crippen LogP contribution in [0.1, 0.15) is 15.9 Å². The van der Waals surface area contributed by atoms with E-state index in [-0.39, 0.29) is 6.54 Å². The van der Waals surface area contributed by atoms with Crippen LogP contribution in [-0.2, 0) is 6.54 Å². The number of halogens is 4. The molecule has 2 aromatic rings. The monoisotopic (exact) mass is 297 g/mol. The molecule has 0 saturated heterocycles. The molecule has 0 aliphatic carbocycles. The molecule has 1 amide bonds. The lowest BCUT2D eigenvalue weighted by molar-refractivity contribution is 0.0779. The summed E-state index contributed by atoms with van der Waals surface area (Å²) < 4.78 is 52.5. The minimum atomic E-state index is -1.24. The van der Waals surface area contributed by atoms with Crippen molar-refractivity contribution >= 4 is 5.91 Å². The van der Waals surface area contributed by atoms with E-state index in [0.29, 0.717) is 5.56 Å². The lowest BCUT2D eigenvalue weighted by Gasteiger charge is -2.18. The highest BCUT2D eigenvalue weighted by atomic mass is 19.2. The molecule has 0 bridgehead atoms. The summed E-state index contributed by atoms with van der Waals surface area (Å²) in [6, 6.07) is 6.47. The van der Waals surface area contributed by atoms with Crippen LogP contribution < -0.4 is 0 Å². The van der Waals surface area contributed by atoms with Gasteiger partial charge < -0.3 is 4.90 Å².